The normalized spacial score (nSPS) is 18.8. The van der Waals surface area contributed by atoms with Gasteiger partial charge in [-0.05, 0) is 19.8 Å². The van der Waals surface area contributed by atoms with E-state index in [2.05, 4.69) is 4.98 Å². The van der Waals surface area contributed by atoms with Gasteiger partial charge in [-0.2, -0.15) is 13.2 Å². The topological polar surface area (TPSA) is 38.0 Å². The predicted molar refractivity (Wildman–Crippen MR) is 50.8 cm³/mol. The molecule has 90 valence electrons. The summed E-state index contributed by atoms with van der Waals surface area (Å²) >= 11 is 0. The van der Waals surface area contributed by atoms with Gasteiger partial charge in [-0.15, -0.1) is 0 Å². The number of alkyl halides is 3. The summed E-state index contributed by atoms with van der Waals surface area (Å²) in [5, 5.41) is 9.15. The fraction of sp³-hybridized carbons (Fsp3) is 0.700. The quantitative estimate of drug-likeness (QED) is 0.868. The maximum absolute atomic E-state index is 12.9. The van der Waals surface area contributed by atoms with Crippen molar-refractivity contribution in [3.8, 4) is 0 Å². The first-order chi connectivity index (χ1) is 7.46. The van der Waals surface area contributed by atoms with E-state index >= 15 is 0 Å². The van der Waals surface area contributed by atoms with Crippen LogP contribution in [0.5, 0.6) is 0 Å². The number of rotatable bonds is 3. The van der Waals surface area contributed by atoms with Crippen molar-refractivity contribution in [2.75, 3.05) is 0 Å². The second-order valence-electron chi connectivity index (χ2n) is 4.06. The fourth-order valence-corrected chi connectivity index (χ4v) is 2.03. The Morgan fingerprint density at radius 1 is 1.50 bits per heavy atom. The van der Waals surface area contributed by atoms with Crippen LogP contribution in [0.15, 0.2) is 6.33 Å². The standard InChI is InChI=1S/C10H13F3N2O/c1-2-15-6-14-8(7(15)5-16)9(3-4-9)10(11,12)13/h6,16H,2-5H2,1H3. The van der Waals surface area contributed by atoms with Gasteiger partial charge < -0.3 is 9.67 Å². The summed E-state index contributed by atoms with van der Waals surface area (Å²) < 4.78 is 40.2. The number of imidazole rings is 1. The molecule has 1 saturated carbocycles. The Morgan fingerprint density at radius 2 is 2.12 bits per heavy atom. The molecular formula is C10H13F3N2O. The summed E-state index contributed by atoms with van der Waals surface area (Å²) in [5.74, 6) is 0. The van der Waals surface area contributed by atoms with Gasteiger partial charge in [0.2, 0.25) is 0 Å². The fourth-order valence-electron chi connectivity index (χ4n) is 2.03. The average molecular weight is 234 g/mol. The molecule has 0 unspecified atom stereocenters. The third-order valence-corrected chi connectivity index (χ3v) is 3.18. The van der Waals surface area contributed by atoms with Crippen LogP contribution >= 0.6 is 0 Å². The maximum Gasteiger partial charge on any atom is 0.400 e. The van der Waals surface area contributed by atoms with E-state index in [1.165, 1.54) is 6.33 Å². The van der Waals surface area contributed by atoms with Gasteiger partial charge in [0.15, 0.2) is 0 Å². The Bertz CT molecular complexity index is 393. The van der Waals surface area contributed by atoms with Crippen molar-refractivity contribution in [3.05, 3.63) is 17.7 Å². The Morgan fingerprint density at radius 3 is 2.50 bits per heavy atom. The molecule has 2 rings (SSSR count). The highest BCUT2D eigenvalue weighted by Crippen LogP contribution is 2.59. The maximum atomic E-state index is 12.9. The lowest BCUT2D eigenvalue weighted by molar-refractivity contribution is -0.161. The Kier molecular flexibility index (Phi) is 2.49. The molecule has 16 heavy (non-hydrogen) atoms. The zero-order chi connectivity index (χ0) is 12.0. The van der Waals surface area contributed by atoms with Crippen LogP contribution in [0.3, 0.4) is 0 Å². The van der Waals surface area contributed by atoms with Crippen molar-refractivity contribution in [1.29, 1.82) is 0 Å². The first kappa shape index (κ1) is 11.4. The summed E-state index contributed by atoms with van der Waals surface area (Å²) in [6.07, 6.45) is -2.76. The number of hydrogen-bond donors (Lipinski definition) is 1. The van der Waals surface area contributed by atoms with Gasteiger partial charge in [-0.3, -0.25) is 0 Å². The van der Waals surface area contributed by atoms with Gasteiger partial charge in [-0.1, -0.05) is 0 Å². The van der Waals surface area contributed by atoms with Crippen molar-refractivity contribution in [2.24, 2.45) is 0 Å². The summed E-state index contributed by atoms with van der Waals surface area (Å²) in [7, 11) is 0. The average Bonchev–Trinajstić information content (AvgIpc) is 2.92. The molecule has 0 aromatic carbocycles. The van der Waals surface area contributed by atoms with Crippen molar-refractivity contribution in [3.63, 3.8) is 0 Å². The molecule has 1 aromatic rings. The minimum Gasteiger partial charge on any atom is -0.390 e. The molecule has 6 heteroatoms. The summed E-state index contributed by atoms with van der Waals surface area (Å²) in [5.41, 5.74) is -1.51. The Hall–Kier alpha value is -1.04. The van der Waals surface area contributed by atoms with E-state index in [0.29, 0.717) is 6.54 Å². The van der Waals surface area contributed by atoms with Crippen LogP contribution in [0.25, 0.3) is 0 Å². The zero-order valence-electron chi connectivity index (χ0n) is 8.88. The monoisotopic (exact) mass is 234 g/mol. The molecule has 0 aliphatic heterocycles. The molecule has 0 amide bonds. The minimum atomic E-state index is -4.27. The lowest BCUT2D eigenvalue weighted by Gasteiger charge is -2.18. The van der Waals surface area contributed by atoms with E-state index in [1.807, 2.05) is 0 Å². The van der Waals surface area contributed by atoms with Crippen molar-refractivity contribution < 1.29 is 18.3 Å². The van der Waals surface area contributed by atoms with Gasteiger partial charge in [0, 0.05) is 6.54 Å². The lowest BCUT2D eigenvalue weighted by atomic mass is 10.00. The minimum absolute atomic E-state index is 0.00403. The molecular weight excluding hydrogens is 221 g/mol. The molecule has 1 aliphatic carbocycles. The van der Waals surface area contributed by atoms with E-state index < -0.39 is 18.2 Å². The van der Waals surface area contributed by atoms with Gasteiger partial charge in [0.25, 0.3) is 0 Å². The second kappa shape index (κ2) is 3.48. The molecule has 0 bridgehead atoms. The molecule has 0 atom stereocenters. The number of aromatic nitrogens is 2. The largest absolute Gasteiger partial charge is 0.400 e. The number of aryl methyl sites for hydroxylation is 1. The van der Waals surface area contributed by atoms with E-state index in [9.17, 15) is 13.2 Å². The highest BCUT2D eigenvalue weighted by Gasteiger charge is 2.66. The van der Waals surface area contributed by atoms with Crippen molar-refractivity contribution >= 4 is 0 Å². The summed E-state index contributed by atoms with van der Waals surface area (Å²) in [6.45, 7) is 1.91. The lowest BCUT2D eigenvalue weighted by Crippen LogP contribution is -2.30. The van der Waals surface area contributed by atoms with Crippen molar-refractivity contribution in [1.82, 2.24) is 9.55 Å². The van der Waals surface area contributed by atoms with Gasteiger partial charge in [0.05, 0.1) is 24.3 Å². The highest BCUT2D eigenvalue weighted by atomic mass is 19.4. The van der Waals surface area contributed by atoms with Crippen LogP contribution in [0, 0.1) is 0 Å². The smallest absolute Gasteiger partial charge is 0.390 e. The number of halogens is 3. The van der Waals surface area contributed by atoms with E-state index in [4.69, 9.17) is 5.11 Å². The van der Waals surface area contributed by atoms with E-state index in [1.54, 1.807) is 11.5 Å². The molecule has 0 saturated heterocycles. The number of hydrogen-bond acceptors (Lipinski definition) is 2. The molecule has 0 spiro atoms. The third kappa shape index (κ3) is 1.43. The SMILES string of the molecule is CCn1cnc(C2(C(F)(F)F)CC2)c1CO. The third-order valence-electron chi connectivity index (χ3n) is 3.18. The number of aliphatic hydroxyl groups is 1. The first-order valence-electron chi connectivity index (χ1n) is 5.18. The van der Waals surface area contributed by atoms with Crippen LogP contribution in [0.2, 0.25) is 0 Å². The summed E-state index contributed by atoms with van der Waals surface area (Å²) in [4.78, 5) is 3.84. The zero-order valence-corrected chi connectivity index (χ0v) is 8.88. The second-order valence-corrected chi connectivity index (χ2v) is 4.06. The van der Waals surface area contributed by atoms with E-state index in [-0.39, 0.29) is 24.2 Å². The summed E-state index contributed by atoms with van der Waals surface area (Å²) in [6, 6.07) is 0. The van der Waals surface area contributed by atoms with Crippen LogP contribution < -0.4 is 0 Å². The molecule has 3 nitrogen and oxygen atoms in total. The van der Waals surface area contributed by atoms with Crippen LogP contribution in [-0.4, -0.2) is 20.8 Å². The van der Waals surface area contributed by atoms with Crippen LogP contribution in [0.1, 0.15) is 31.2 Å². The predicted octanol–water partition coefficient (Wildman–Crippen LogP) is 1.99. The number of aliphatic hydroxyl groups excluding tert-OH is 1. The molecule has 1 heterocycles. The molecule has 1 fully saturated rings. The van der Waals surface area contributed by atoms with Crippen LogP contribution in [0.4, 0.5) is 13.2 Å². The number of nitrogens with zero attached hydrogens (tertiary/aromatic N) is 2. The Balaban J connectivity index is 2.45. The molecule has 1 N–H and O–H groups in total. The molecule has 1 aromatic heterocycles. The van der Waals surface area contributed by atoms with E-state index in [0.717, 1.165) is 0 Å². The highest BCUT2D eigenvalue weighted by molar-refractivity contribution is 5.32. The van der Waals surface area contributed by atoms with Gasteiger partial charge in [-0.25, -0.2) is 4.98 Å². The van der Waals surface area contributed by atoms with Gasteiger partial charge >= 0.3 is 6.18 Å². The molecule has 0 radical (unpaired) electrons. The molecule has 1 aliphatic rings. The van der Waals surface area contributed by atoms with Gasteiger partial charge in [0.1, 0.15) is 5.41 Å². The Labute approximate surface area is 90.9 Å². The first-order valence-corrected chi connectivity index (χ1v) is 5.18. The van der Waals surface area contributed by atoms with Crippen molar-refractivity contribution in [2.45, 2.75) is 44.5 Å². The van der Waals surface area contributed by atoms with Crippen LogP contribution in [-0.2, 0) is 18.6 Å².